The van der Waals surface area contributed by atoms with E-state index in [1.54, 1.807) is 0 Å². The second kappa shape index (κ2) is 5.12. The largest absolute Gasteiger partial charge is 0.491 e. The minimum atomic E-state index is -0.770. The van der Waals surface area contributed by atoms with Gasteiger partial charge in [-0.15, -0.1) is 0 Å². The molecule has 98 valence electrons. The van der Waals surface area contributed by atoms with Crippen LogP contribution in [0.5, 0.6) is 5.75 Å². The molecule has 2 rings (SSSR count). The topological polar surface area (TPSA) is 72.6 Å². The first-order valence-electron chi connectivity index (χ1n) is 5.79. The Kier molecular flexibility index (Phi) is 3.73. The predicted octanol–water partition coefficient (Wildman–Crippen LogP) is 2.93. The Bertz CT molecular complexity index is 457. The summed E-state index contributed by atoms with van der Waals surface area (Å²) < 4.78 is 5.45. The van der Waals surface area contributed by atoms with Gasteiger partial charge in [-0.2, -0.15) is 0 Å². The van der Waals surface area contributed by atoms with Crippen molar-refractivity contribution in [2.45, 2.75) is 31.3 Å². The summed E-state index contributed by atoms with van der Waals surface area (Å²) >= 11 is 5.77. The Morgan fingerprint density at radius 2 is 2.11 bits per heavy atom. The highest BCUT2D eigenvalue weighted by atomic mass is 35.5. The summed E-state index contributed by atoms with van der Waals surface area (Å²) in [5.74, 6) is 0.436. The van der Waals surface area contributed by atoms with Crippen LogP contribution in [0.3, 0.4) is 0 Å². The first-order chi connectivity index (χ1) is 8.50. The number of ether oxygens (including phenoxy) is 1. The minimum Gasteiger partial charge on any atom is -0.491 e. The summed E-state index contributed by atoms with van der Waals surface area (Å²) in [4.78, 5) is 10.0. The number of halogens is 1. The Morgan fingerprint density at radius 1 is 1.44 bits per heavy atom. The zero-order chi connectivity index (χ0) is 13.2. The lowest BCUT2D eigenvalue weighted by Crippen LogP contribution is -2.32. The fourth-order valence-electron chi connectivity index (χ4n) is 2.12. The van der Waals surface area contributed by atoms with Gasteiger partial charge in [-0.1, -0.05) is 24.4 Å². The number of rotatable bonds is 4. The van der Waals surface area contributed by atoms with Crippen LogP contribution in [-0.2, 0) is 0 Å². The Balaban J connectivity index is 2.02. The molecule has 1 N–H and O–H groups in total. The van der Waals surface area contributed by atoms with Crippen molar-refractivity contribution < 1.29 is 14.8 Å². The van der Waals surface area contributed by atoms with Gasteiger partial charge in [-0.25, -0.2) is 0 Å². The van der Waals surface area contributed by atoms with Crippen LogP contribution in [0.2, 0.25) is 5.02 Å². The molecule has 1 saturated carbocycles. The number of nitro benzene ring substituents is 1. The number of nitro groups is 1. The van der Waals surface area contributed by atoms with Crippen molar-refractivity contribution in [3.05, 3.63) is 33.3 Å². The molecule has 0 aromatic heterocycles. The third-order valence-corrected chi connectivity index (χ3v) is 3.46. The van der Waals surface area contributed by atoms with Gasteiger partial charge in [0.05, 0.1) is 10.5 Å². The summed E-state index contributed by atoms with van der Waals surface area (Å²) in [6.07, 6.45) is 3.46. The maximum atomic E-state index is 10.6. The molecule has 1 aliphatic rings. The number of benzene rings is 1. The summed E-state index contributed by atoms with van der Waals surface area (Å²) in [6, 6.07) is 4.19. The van der Waals surface area contributed by atoms with E-state index in [-0.39, 0.29) is 17.3 Å². The van der Waals surface area contributed by atoms with E-state index in [9.17, 15) is 15.2 Å². The second-order valence-corrected chi connectivity index (χ2v) is 5.00. The lowest BCUT2D eigenvalue weighted by Gasteiger charge is -2.22. The van der Waals surface area contributed by atoms with Gasteiger partial charge in [0, 0.05) is 12.1 Å². The Hall–Kier alpha value is -1.33. The molecule has 1 aliphatic carbocycles. The van der Waals surface area contributed by atoms with Crippen molar-refractivity contribution in [1.29, 1.82) is 0 Å². The second-order valence-electron chi connectivity index (χ2n) is 4.59. The van der Waals surface area contributed by atoms with Gasteiger partial charge >= 0.3 is 0 Å². The van der Waals surface area contributed by atoms with Gasteiger partial charge in [0.2, 0.25) is 0 Å². The van der Waals surface area contributed by atoms with Crippen LogP contribution >= 0.6 is 11.6 Å². The molecule has 0 unspecified atom stereocenters. The van der Waals surface area contributed by atoms with Crippen molar-refractivity contribution in [2.24, 2.45) is 0 Å². The van der Waals surface area contributed by atoms with E-state index in [1.807, 2.05) is 0 Å². The molecule has 1 fully saturated rings. The maximum Gasteiger partial charge on any atom is 0.288 e. The van der Waals surface area contributed by atoms with Gasteiger partial charge in [-0.3, -0.25) is 10.1 Å². The van der Waals surface area contributed by atoms with Crippen LogP contribution < -0.4 is 4.74 Å². The van der Waals surface area contributed by atoms with Crippen molar-refractivity contribution in [2.75, 3.05) is 6.61 Å². The molecule has 5 nitrogen and oxygen atoms in total. The predicted molar refractivity (Wildman–Crippen MR) is 67.0 cm³/mol. The third kappa shape index (κ3) is 2.91. The van der Waals surface area contributed by atoms with Crippen LogP contribution in [0.1, 0.15) is 25.7 Å². The fraction of sp³-hybridized carbons (Fsp3) is 0.500. The van der Waals surface area contributed by atoms with E-state index in [0.29, 0.717) is 5.75 Å². The molecule has 0 amide bonds. The highest BCUT2D eigenvalue weighted by molar-refractivity contribution is 6.32. The van der Waals surface area contributed by atoms with Gasteiger partial charge in [0.25, 0.3) is 5.69 Å². The molecule has 1 aromatic carbocycles. The zero-order valence-electron chi connectivity index (χ0n) is 9.76. The number of hydrogen-bond acceptors (Lipinski definition) is 4. The van der Waals surface area contributed by atoms with Crippen molar-refractivity contribution in [3.8, 4) is 5.75 Å². The highest BCUT2D eigenvalue weighted by Crippen LogP contribution is 2.32. The van der Waals surface area contributed by atoms with Crippen molar-refractivity contribution in [1.82, 2.24) is 0 Å². The summed E-state index contributed by atoms with van der Waals surface area (Å²) in [5, 5.41) is 20.7. The maximum absolute atomic E-state index is 10.6. The van der Waals surface area contributed by atoms with Gasteiger partial charge in [-0.05, 0) is 18.9 Å². The Labute approximate surface area is 109 Å². The lowest BCUT2D eigenvalue weighted by molar-refractivity contribution is -0.384. The van der Waals surface area contributed by atoms with Crippen LogP contribution in [0.15, 0.2) is 18.2 Å². The molecule has 0 bridgehead atoms. The molecule has 0 atom stereocenters. The molecule has 0 heterocycles. The number of hydrogen-bond donors (Lipinski definition) is 1. The minimum absolute atomic E-state index is 0.0379. The van der Waals surface area contributed by atoms with Crippen LogP contribution in [0.4, 0.5) is 5.69 Å². The van der Waals surface area contributed by atoms with Crippen molar-refractivity contribution >= 4 is 17.3 Å². The molecule has 0 saturated heterocycles. The summed E-state index contributed by atoms with van der Waals surface area (Å²) in [5.41, 5.74) is -0.919. The average Bonchev–Trinajstić information content (AvgIpc) is 2.74. The zero-order valence-corrected chi connectivity index (χ0v) is 10.5. The van der Waals surface area contributed by atoms with Gasteiger partial charge in [0.1, 0.15) is 17.4 Å². The summed E-state index contributed by atoms with van der Waals surface area (Å²) in [6.45, 7) is 0.196. The van der Waals surface area contributed by atoms with Crippen LogP contribution in [-0.4, -0.2) is 22.2 Å². The fourth-order valence-corrected chi connectivity index (χ4v) is 2.36. The third-order valence-electron chi connectivity index (χ3n) is 3.16. The van der Waals surface area contributed by atoms with E-state index in [0.717, 1.165) is 25.7 Å². The molecule has 18 heavy (non-hydrogen) atoms. The normalized spacial score (nSPS) is 17.7. The molecule has 0 radical (unpaired) electrons. The molecular weight excluding hydrogens is 258 g/mol. The average molecular weight is 272 g/mol. The van der Waals surface area contributed by atoms with Gasteiger partial charge < -0.3 is 9.84 Å². The monoisotopic (exact) mass is 271 g/mol. The lowest BCUT2D eigenvalue weighted by atomic mass is 10.0. The van der Waals surface area contributed by atoms with E-state index in [2.05, 4.69) is 0 Å². The first kappa shape index (κ1) is 13.1. The quantitative estimate of drug-likeness (QED) is 0.675. The Morgan fingerprint density at radius 3 is 2.67 bits per heavy atom. The molecule has 0 aliphatic heterocycles. The number of nitrogens with zero attached hydrogens (tertiary/aromatic N) is 1. The van der Waals surface area contributed by atoms with E-state index >= 15 is 0 Å². The standard InChI is InChI=1S/C12H14ClNO4/c13-10-7-9(3-4-11(10)14(16)17)18-8-12(15)5-1-2-6-12/h3-4,7,15H,1-2,5-6,8H2. The number of aliphatic hydroxyl groups is 1. The SMILES string of the molecule is O=[N+]([O-])c1ccc(OCC2(O)CCCC2)cc1Cl. The van der Waals surface area contributed by atoms with E-state index in [4.69, 9.17) is 16.3 Å². The summed E-state index contributed by atoms with van der Waals surface area (Å²) in [7, 11) is 0. The van der Waals surface area contributed by atoms with Crippen molar-refractivity contribution in [3.63, 3.8) is 0 Å². The smallest absolute Gasteiger partial charge is 0.288 e. The molecule has 1 aromatic rings. The molecule has 6 heteroatoms. The highest BCUT2D eigenvalue weighted by Gasteiger charge is 2.32. The van der Waals surface area contributed by atoms with Crippen LogP contribution in [0, 0.1) is 10.1 Å². The first-order valence-corrected chi connectivity index (χ1v) is 6.17. The van der Waals surface area contributed by atoms with Crippen LogP contribution in [0.25, 0.3) is 0 Å². The van der Waals surface area contributed by atoms with Gasteiger partial charge in [0.15, 0.2) is 0 Å². The molecular formula is C12H14ClNO4. The van der Waals surface area contributed by atoms with E-state index < -0.39 is 10.5 Å². The molecule has 0 spiro atoms. The van der Waals surface area contributed by atoms with E-state index in [1.165, 1.54) is 18.2 Å².